The van der Waals surface area contributed by atoms with E-state index in [1.807, 2.05) is 0 Å². The molecular formula is C24H28N4O5S2. The van der Waals surface area contributed by atoms with Gasteiger partial charge in [-0.15, -0.1) is 11.3 Å². The number of thiophene rings is 1. The predicted octanol–water partition coefficient (Wildman–Crippen LogP) is 3.81. The van der Waals surface area contributed by atoms with Gasteiger partial charge >= 0.3 is 6.09 Å². The van der Waals surface area contributed by atoms with E-state index in [2.05, 4.69) is 18.3 Å². The van der Waals surface area contributed by atoms with E-state index in [0.29, 0.717) is 54.6 Å². The van der Waals surface area contributed by atoms with E-state index in [9.17, 15) is 23.3 Å². The van der Waals surface area contributed by atoms with Crippen molar-refractivity contribution in [2.75, 3.05) is 31.6 Å². The molecule has 2 amide bonds. The van der Waals surface area contributed by atoms with E-state index in [-0.39, 0.29) is 11.5 Å². The van der Waals surface area contributed by atoms with Crippen LogP contribution < -0.4 is 5.32 Å². The Hall–Kier alpha value is -2.94. The minimum absolute atomic E-state index is 0.159. The Morgan fingerprint density at radius 2 is 1.89 bits per heavy atom. The molecule has 2 aliphatic heterocycles. The standard InChI is InChI=1S/C24H28N4O5S2/c1-3-33-24(30)27-11-10-19-20(14-25)23(34-21(19)15-27)26-22(29)17-4-6-18(7-5-17)35(31,32)28-12-8-16(2)9-13-28/h4-7,16H,3,8-13,15H2,1-2H3,(H,26,29). The van der Waals surface area contributed by atoms with Gasteiger partial charge in [-0.05, 0) is 61.9 Å². The molecule has 0 saturated carbocycles. The summed E-state index contributed by atoms with van der Waals surface area (Å²) in [5, 5.41) is 12.9. The zero-order valence-electron chi connectivity index (χ0n) is 19.7. The first kappa shape index (κ1) is 25.2. The molecule has 0 bridgehead atoms. The summed E-state index contributed by atoms with van der Waals surface area (Å²) in [7, 11) is -3.60. The molecule has 0 spiro atoms. The average Bonchev–Trinajstić information content (AvgIpc) is 3.20. The number of benzene rings is 1. The molecule has 186 valence electrons. The highest BCUT2D eigenvalue weighted by atomic mass is 32.2. The van der Waals surface area contributed by atoms with Gasteiger partial charge < -0.3 is 15.0 Å². The van der Waals surface area contributed by atoms with Gasteiger partial charge in [-0.3, -0.25) is 4.79 Å². The SMILES string of the molecule is CCOC(=O)N1CCc2c(sc(NC(=O)c3ccc(S(=O)(=O)N4CCC(C)CC4)cc3)c2C#N)C1. The smallest absolute Gasteiger partial charge is 0.410 e. The summed E-state index contributed by atoms with van der Waals surface area (Å²) in [5.41, 5.74) is 1.53. The number of anilines is 1. The Labute approximate surface area is 209 Å². The van der Waals surface area contributed by atoms with Gasteiger partial charge in [0.2, 0.25) is 10.0 Å². The molecule has 1 fully saturated rings. The zero-order chi connectivity index (χ0) is 25.2. The van der Waals surface area contributed by atoms with Crippen LogP contribution in [0.3, 0.4) is 0 Å². The first-order chi connectivity index (χ1) is 16.7. The minimum atomic E-state index is -3.60. The number of carbonyl (C=O) groups is 2. The maximum atomic E-state index is 12.9. The second kappa shape index (κ2) is 10.4. The summed E-state index contributed by atoms with van der Waals surface area (Å²) in [6.07, 6.45) is 1.78. The summed E-state index contributed by atoms with van der Waals surface area (Å²) in [5.74, 6) is 0.0834. The van der Waals surface area contributed by atoms with Crippen molar-refractivity contribution in [3.05, 3.63) is 45.8 Å². The van der Waals surface area contributed by atoms with Gasteiger partial charge in [-0.25, -0.2) is 13.2 Å². The van der Waals surface area contributed by atoms with Crippen molar-refractivity contribution >= 4 is 38.4 Å². The maximum absolute atomic E-state index is 12.9. The van der Waals surface area contributed by atoms with Gasteiger partial charge in [0.1, 0.15) is 11.1 Å². The predicted molar refractivity (Wildman–Crippen MR) is 132 cm³/mol. The summed E-state index contributed by atoms with van der Waals surface area (Å²) < 4.78 is 32.4. The van der Waals surface area contributed by atoms with Crippen LogP contribution >= 0.6 is 11.3 Å². The van der Waals surface area contributed by atoms with Crippen LogP contribution in [-0.2, 0) is 27.7 Å². The minimum Gasteiger partial charge on any atom is -0.450 e. The number of amides is 2. The van der Waals surface area contributed by atoms with E-state index >= 15 is 0 Å². The molecule has 3 heterocycles. The fourth-order valence-corrected chi connectivity index (χ4v) is 6.99. The number of piperidine rings is 1. The average molecular weight is 517 g/mol. The molecule has 9 nitrogen and oxygen atoms in total. The number of hydrogen-bond donors (Lipinski definition) is 1. The van der Waals surface area contributed by atoms with E-state index in [1.165, 1.54) is 39.9 Å². The number of sulfonamides is 1. The molecule has 1 aromatic heterocycles. The number of carbonyl (C=O) groups excluding carboxylic acids is 2. The molecular weight excluding hydrogens is 488 g/mol. The van der Waals surface area contributed by atoms with Crippen molar-refractivity contribution < 1.29 is 22.7 Å². The molecule has 0 aliphatic carbocycles. The molecule has 1 aromatic carbocycles. The van der Waals surface area contributed by atoms with Crippen molar-refractivity contribution in [3.8, 4) is 6.07 Å². The van der Waals surface area contributed by atoms with Gasteiger partial charge in [0, 0.05) is 30.1 Å². The van der Waals surface area contributed by atoms with Crippen LogP contribution in [0.4, 0.5) is 9.80 Å². The maximum Gasteiger partial charge on any atom is 0.410 e. The molecule has 0 radical (unpaired) electrons. The Kier molecular flexibility index (Phi) is 7.44. The summed E-state index contributed by atoms with van der Waals surface area (Å²) in [6, 6.07) is 8.04. The lowest BCUT2D eigenvalue weighted by Crippen LogP contribution is -2.37. The van der Waals surface area contributed by atoms with Gasteiger partial charge in [0.25, 0.3) is 5.91 Å². The highest BCUT2D eigenvalue weighted by molar-refractivity contribution is 7.89. The topological polar surface area (TPSA) is 120 Å². The molecule has 0 unspecified atom stereocenters. The summed E-state index contributed by atoms with van der Waals surface area (Å²) >= 11 is 1.27. The lowest BCUT2D eigenvalue weighted by atomic mass is 10.0. The van der Waals surface area contributed by atoms with Crippen LogP contribution in [0.25, 0.3) is 0 Å². The zero-order valence-corrected chi connectivity index (χ0v) is 21.4. The Morgan fingerprint density at radius 1 is 1.20 bits per heavy atom. The lowest BCUT2D eigenvalue weighted by molar-refractivity contribution is 0.102. The van der Waals surface area contributed by atoms with E-state index in [0.717, 1.165) is 23.3 Å². The number of ether oxygens (including phenoxy) is 1. The molecule has 0 atom stereocenters. The number of hydrogen-bond acceptors (Lipinski definition) is 7. The van der Waals surface area contributed by atoms with Crippen molar-refractivity contribution in [2.24, 2.45) is 5.92 Å². The Balaban J connectivity index is 1.48. The van der Waals surface area contributed by atoms with Crippen molar-refractivity contribution in [1.82, 2.24) is 9.21 Å². The fourth-order valence-electron chi connectivity index (χ4n) is 4.31. The highest BCUT2D eigenvalue weighted by Crippen LogP contribution is 2.37. The van der Waals surface area contributed by atoms with E-state index < -0.39 is 22.0 Å². The molecule has 1 N–H and O–H groups in total. The van der Waals surface area contributed by atoms with Gasteiger partial charge in [0.05, 0.1) is 23.6 Å². The number of nitrogens with one attached hydrogen (secondary N) is 1. The fraction of sp³-hybridized carbons (Fsp3) is 0.458. The number of rotatable bonds is 5. The molecule has 2 aromatic rings. The van der Waals surface area contributed by atoms with Gasteiger partial charge in [-0.1, -0.05) is 6.92 Å². The summed E-state index contributed by atoms with van der Waals surface area (Å²) in [6.45, 7) is 5.92. The van der Waals surface area contributed by atoms with Crippen LogP contribution in [0.5, 0.6) is 0 Å². The third-order valence-electron chi connectivity index (χ3n) is 6.42. The van der Waals surface area contributed by atoms with E-state index in [1.54, 1.807) is 11.8 Å². The first-order valence-corrected chi connectivity index (χ1v) is 13.9. The number of nitrogens with zero attached hydrogens (tertiary/aromatic N) is 3. The molecule has 1 saturated heterocycles. The lowest BCUT2D eigenvalue weighted by Gasteiger charge is -2.29. The second-order valence-corrected chi connectivity index (χ2v) is 11.8. The van der Waals surface area contributed by atoms with Gasteiger partial charge in [0.15, 0.2) is 0 Å². The largest absolute Gasteiger partial charge is 0.450 e. The van der Waals surface area contributed by atoms with Gasteiger partial charge in [-0.2, -0.15) is 9.57 Å². The molecule has 11 heteroatoms. The monoisotopic (exact) mass is 516 g/mol. The normalized spacial score (nSPS) is 16.9. The Bertz CT molecular complexity index is 1260. The third kappa shape index (κ3) is 5.19. The van der Waals surface area contributed by atoms with Crippen molar-refractivity contribution in [2.45, 2.75) is 44.6 Å². The van der Waals surface area contributed by atoms with Crippen LogP contribution in [0.15, 0.2) is 29.2 Å². The second-order valence-electron chi connectivity index (χ2n) is 8.76. The summed E-state index contributed by atoms with van der Waals surface area (Å²) in [4.78, 5) is 27.5. The first-order valence-electron chi connectivity index (χ1n) is 11.6. The van der Waals surface area contributed by atoms with Crippen molar-refractivity contribution in [1.29, 1.82) is 5.26 Å². The number of fused-ring (bicyclic) bond motifs is 1. The van der Waals surface area contributed by atoms with Crippen LogP contribution in [0.1, 0.15) is 53.1 Å². The van der Waals surface area contributed by atoms with Crippen LogP contribution in [0.2, 0.25) is 0 Å². The van der Waals surface area contributed by atoms with Crippen LogP contribution in [0, 0.1) is 17.2 Å². The third-order valence-corrected chi connectivity index (χ3v) is 9.46. The molecule has 35 heavy (non-hydrogen) atoms. The van der Waals surface area contributed by atoms with Crippen molar-refractivity contribution in [3.63, 3.8) is 0 Å². The number of nitriles is 1. The molecule has 4 rings (SSSR count). The van der Waals surface area contributed by atoms with Crippen LogP contribution in [-0.4, -0.2) is 55.9 Å². The Morgan fingerprint density at radius 3 is 2.51 bits per heavy atom. The van der Waals surface area contributed by atoms with E-state index in [4.69, 9.17) is 4.74 Å². The quantitative estimate of drug-likeness (QED) is 0.645. The highest BCUT2D eigenvalue weighted by Gasteiger charge is 2.30. The molecule has 2 aliphatic rings.